The molecule has 8 heteroatoms. The molecule has 2 heterocycles. The Morgan fingerprint density at radius 3 is 2.58 bits per heavy atom. The van der Waals surface area contributed by atoms with E-state index >= 15 is 0 Å². The van der Waals surface area contributed by atoms with Crippen molar-refractivity contribution in [2.45, 2.75) is 13.8 Å². The number of thiophene rings is 1. The summed E-state index contributed by atoms with van der Waals surface area (Å²) in [4.78, 5) is 14.0. The molecule has 4 rings (SSSR count). The molecule has 1 N–H and O–H groups in total. The fraction of sp³-hybridized carbons (Fsp3) is 0.0870. The van der Waals surface area contributed by atoms with E-state index in [1.54, 1.807) is 6.92 Å². The van der Waals surface area contributed by atoms with E-state index in [0.717, 1.165) is 16.0 Å². The second-order valence-electron chi connectivity index (χ2n) is 6.73. The van der Waals surface area contributed by atoms with Crippen LogP contribution in [0.4, 0.5) is 9.39 Å². The second-order valence-corrected chi connectivity index (χ2v) is 8.36. The van der Waals surface area contributed by atoms with Crippen molar-refractivity contribution in [3.63, 3.8) is 0 Å². The zero-order valence-corrected chi connectivity index (χ0v) is 18.1. The number of nitriles is 1. The molecule has 0 saturated carbocycles. The van der Waals surface area contributed by atoms with Gasteiger partial charge in [0, 0.05) is 10.4 Å². The number of halogens is 2. The molecule has 0 aliphatic carbocycles. The Bertz CT molecular complexity index is 1320. The molecular formula is C23H15ClFN3O2S. The molecule has 0 aliphatic heterocycles. The quantitative estimate of drug-likeness (QED) is 0.379. The maximum Gasteiger partial charge on any atom is 0.262 e. The summed E-state index contributed by atoms with van der Waals surface area (Å²) in [5.41, 5.74) is 2.06. The first-order valence-corrected chi connectivity index (χ1v) is 10.4. The number of rotatable bonds is 4. The smallest absolute Gasteiger partial charge is 0.262 e. The number of carbonyl (C=O) groups is 1. The van der Waals surface area contributed by atoms with Gasteiger partial charge < -0.3 is 9.84 Å². The normalized spacial score (nSPS) is 10.7. The van der Waals surface area contributed by atoms with E-state index in [1.807, 2.05) is 37.3 Å². The zero-order valence-electron chi connectivity index (χ0n) is 16.5. The van der Waals surface area contributed by atoms with Crippen LogP contribution in [0.3, 0.4) is 0 Å². The van der Waals surface area contributed by atoms with Crippen molar-refractivity contribution in [2.75, 3.05) is 5.32 Å². The van der Waals surface area contributed by atoms with Crippen molar-refractivity contribution in [2.24, 2.45) is 0 Å². The molecule has 0 aliphatic rings. The molecule has 0 radical (unpaired) electrons. The molecule has 2 aromatic carbocycles. The summed E-state index contributed by atoms with van der Waals surface area (Å²) < 4.78 is 19.6. The maximum atomic E-state index is 14.4. The molecule has 0 unspecified atom stereocenters. The number of aryl methyl sites for hydroxylation is 2. The van der Waals surface area contributed by atoms with Crippen molar-refractivity contribution < 1.29 is 13.7 Å². The average molecular weight is 452 g/mol. The summed E-state index contributed by atoms with van der Waals surface area (Å²) in [7, 11) is 0. The number of carbonyl (C=O) groups excluding carboxylic acids is 1. The highest BCUT2D eigenvalue weighted by molar-refractivity contribution is 7.17. The van der Waals surface area contributed by atoms with E-state index in [1.165, 1.54) is 29.5 Å². The van der Waals surface area contributed by atoms with E-state index in [0.29, 0.717) is 10.6 Å². The molecule has 31 heavy (non-hydrogen) atoms. The maximum absolute atomic E-state index is 14.4. The van der Waals surface area contributed by atoms with Gasteiger partial charge in [0.15, 0.2) is 0 Å². The van der Waals surface area contributed by atoms with Gasteiger partial charge in [0.1, 0.15) is 33.9 Å². The minimum Gasteiger partial charge on any atom is -0.360 e. The van der Waals surface area contributed by atoms with Crippen molar-refractivity contribution in [3.8, 4) is 28.5 Å². The molecule has 1 amide bonds. The van der Waals surface area contributed by atoms with Crippen molar-refractivity contribution in [1.29, 1.82) is 5.26 Å². The Labute approximate surface area is 186 Å². The lowest BCUT2D eigenvalue weighted by molar-refractivity contribution is 0.102. The van der Waals surface area contributed by atoms with Crippen molar-refractivity contribution in [1.82, 2.24) is 5.16 Å². The minimum absolute atomic E-state index is 0.00756. The molecule has 0 fully saturated rings. The number of nitrogens with one attached hydrogen (secondary N) is 1. The van der Waals surface area contributed by atoms with Crippen LogP contribution >= 0.6 is 22.9 Å². The second kappa shape index (κ2) is 8.34. The van der Waals surface area contributed by atoms with Gasteiger partial charge in [0.2, 0.25) is 0 Å². The highest BCUT2D eigenvalue weighted by atomic mass is 35.5. The van der Waals surface area contributed by atoms with E-state index in [9.17, 15) is 14.4 Å². The first-order chi connectivity index (χ1) is 14.9. The topological polar surface area (TPSA) is 78.9 Å². The van der Waals surface area contributed by atoms with Gasteiger partial charge in [-0.3, -0.25) is 4.79 Å². The van der Waals surface area contributed by atoms with Crippen LogP contribution in [0.5, 0.6) is 0 Å². The lowest BCUT2D eigenvalue weighted by Crippen LogP contribution is -2.13. The monoisotopic (exact) mass is 451 g/mol. The summed E-state index contributed by atoms with van der Waals surface area (Å²) in [6.07, 6.45) is 0. The van der Waals surface area contributed by atoms with Crippen LogP contribution < -0.4 is 5.32 Å². The van der Waals surface area contributed by atoms with Gasteiger partial charge in [-0.05, 0) is 31.5 Å². The predicted molar refractivity (Wildman–Crippen MR) is 119 cm³/mol. The Balaban J connectivity index is 1.76. The van der Waals surface area contributed by atoms with Gasteiger partial charge in [-0.2, -0.15) is 5.26 Å². The molecular weight excluding hydrogens is 437 g/mol. The van der Waals surface area contributed by atoms with Gasteiger partial charge in [-0.1, -0.05) is 53.2 Å². The van der Waals surface area contributed by atoms with Crippen LogP contribution in [0.25, 0.3) is 22.4 Å². The van der Waals surface area contributed by atoms with E-state index in [-0.39, 0.29) is 27.6 Å². The fourth-order valence-corrected chi connectivity index (χ4v) is 4.67. The Kier molecular flexibility index (Phi) is 5.59. The first kappa shape index (κ1) is 20.8. The van der Waals surface area contributed by atoms with Gasteiger partial charge in [0.05, 0.1) is 16.1 Å². The number of hydrogen-bond acceptors (Lipinski definition) is 5. The summed E-state index contributed by atoms with van der Waals surface area (Å²) in [6.45, 7) is 3.44. The highest BCUT2D eigenvalue weighted by Gasteiger charge is 2.27. The lowest BCUT2D eigenvalue weighted by atomic mass is 10.0. The average Bonchev–Trinajstić information content (AvgIpc) is 3.27. The first-order valence-electron chi connectivity index (χ1n) is 9.23. The third-order valence-corrected chi connectivity index (χ3v) is 6.11. The summed E-state index contributed by atoms with van der Waals surface area (Å²) >= 11 is 7.45. The minimum atomic E-state index is -0.620. The van der Waals surface area contributed by atoms with E-state index in [2.05, 4.69) is 16.5 Å². The largest absolute Gasteiger partial charge is 0.360 e. The molecule has 0 spiro atoms. The Hall–Kier alpha value is -3.47. The molecule has 0 saturated heterocycles. The van der Waals surface area contributed by atoms with Crippen LogP contribution in [0.15, 0.2) is 53.1 Å². The van der Waals surface area contributed by atoms with Crippen molar-refractivity contribution in [3.05, 3.63) is 81.1 Å². The predicted octanol–water partition coefficient (Wildman–Crippen LogP) is 6.60. The van der Waals surface area contributed by atoms with Gasteiger partial charge in [-0.15, -0.1) is 11.3 Å². The van der Waals surface area contributed by atoms with Crippen LogP contribution in [0.1, 0.15) is 26.6 Å². The third-order valence-electron chi connectivity index (χ3n) is 4.77. The number of anilines is 1. The number of hydrogen-bond donors (Lipinski definition) is 1. The van der Waals surface area contributed by atoms with Gasteiger partial charge >= 0.3 is 0 Å². The third kappa shape index (κ3) is 3.72. The molecule has 154 valence electrons. The van der Waals surface area contributed by atoms with Crippen molar-refractivity contribution >= 4 is 33.8 Å². The van der Waals surface area contributed by atoms with E-state index in [4.69, 9.17) is 16.1 Å². The molecule has 0 bridgehead atoms. The standard InChI is InChI=1S/C23H15ClFN3O2S/c1-12-18(21(28-30-12)20-16(24)9-6-10-17(20)25)22(29)27-23-15(11-26)19(13(2)31-23)14-7-4-3-5-8-14/h3-10H,1-2H3,(H,27,29). The molecule has 0 atom stereocenters. The Morgan fingerprint density at radius 1 is 1.16 bits per heavy atom. The molecule has 5 nitrogen and oxygen atoms in total. The summed E-state index contributed by atoms with van der Waals surface area (Å²) in [6, 6.07) is 15.9. The number of benzene rings is 2. The zero-order chi connectivity index (χ0) is 22.1. The number of amides is 1. The van der Waals surface area contributed by atoms with Crippen LogP contribution in [0, 0.1) is 31.0 Å². The molecule has 2 aromatic heterocycles. The Morgan fingerprint density at radius 2 is 1.90 bits per heavy atom. The lowest BCUT2D eigenvalue weighted by Gasteiger charge is -2.07. The highest BCUT2D eigenvalue weighted by Crippen LogP contribution is 2.40. The summed E-state index contributed by atoms with van der Waals surface area (Å²) in [5.74, 6) is -0.974. The van der Waals surface area contributed by atoms with Gasteiger partial charge in [-0.25, -0.2) is 4.39 Å². The van der Waals surface area contributed by atoms with Crippen LogP contribution in [-0.2, 0) is 0 Å². The number of nitrogens with zero attached hydrogens (tertiary/aromatic N) is 2. The van der Waals surface area contributed by atoms with E-state index < -0.39 is 11.7 Å². The molecule has 4 aromatic rings. The SMILES string of the molecule is Cc1onc(-c2c(F)cccc2Cl)c1C(=O)Nc1sc(C)c(-c2ccccc2)c1C#N. The van der Waals surface area contributed by atoms with Crippen LogP contribution in [0.2, 0.25) is 5.02 Å². The summed E-state index contributed by atoms with van der Waals surface area (Å²) in [5, 5.41) is 16.9. The van der Waals surface area contributed by atoms with Gasteiger partial charge in [0.25, 0.3) is 5.91 Å². The number of aromatic nitrogens is 1. The fourth-order valence-electron chi connectivity index (χ4n) is 3.39. The van der Waals surface area contributed by atoms with Crippen LogP contribution in [-0.4, -0.2) is 11.1 Å².